The molecule has 2 N–H and O–H groups in total. The van der Waals surface area contributed by atoms with E-state index in [0.717, 1.165) is 32.1 Å². The van der Waals surface area contributed by atoms with Gasteiger partial charge in [-0.2, -0.15) is 0 Å². The number of likely N-dealkylation sites (tertiary alicyclic amines) is 1. The Morgan fingerprint density at radius 1 is 1.40 bits per heavy atom. The summed E-state index contributed by atoms with van der Waals surface area (Å²) in [5.41, 5.74) is 0. The van der Waals surface area contributed by atoms with Crippen LogP contribution in [-0.4, -0.2) is 58.2 Å². The van der Waals surface area contributed by atoms with E-state index >= 15 is 0 Å². The Kier molecular flexibility index (Phi) is 8.65. The van der Waals surface area contributed by atoms with Gasteiger partial charge < -0.3 is 10.2 Å². The summed E-state index contributed by atoms with van der Waals surface area (Å²) in [6, 6.07) is -0.0183. The van der Waals surface area contributed by atoms with Crippen molar-refractivity contribution in [3.8, 4) is 0 Å². The summed E-state index contributed by atoms with van der Waals surface area (Å²) in [6.45, 7) is 3.58. The number of amides is 1. The van der Waals surface area contributed by atoms with E-state index in [2.05, 4.69) is 10.0 Å². The van der Waals surface area contributed by atoms with Gasteiger partial charge in [0.1, 0.15) is 0 Å². The van der Waals surface area contributed by atoms with Gasteiger partial charge in [0.15, 0.2) is 0 Å². The number of nitrogens with one attached hydrogen (secondary N) is 2. The van der Waals surface area contributed by atoms with Crippen molar-refractivity contribution < 1.29 is 13.2 Å². The Balaban J connectivity index is 0.00000361. The lowest BCUT2D eigenvalue weighted by Gasteiger charge is -2.37. The fourth-order valence-corrected chi connectivity index (χ4v) is 2.92. The fraction of sp³-hybridized carbons (Fsp3) is 0.917. The molecule has 8 heteroatoms. The van der Waals surface area contributed by atoms with Crippen LogP contribution in [-0.2, 0) is 14.8 Å². The van der Waals surface area contributed by atoms with Crippen molar-refractivity contribution in [2.45, 2.75) is 32.2 Å². The number of carbonyl (C=O) groups excluding carboxylic acids is 1. The Labute approximate surface area is 128 Å². The van der Waals surface area contributed by atoms with Gasteiger partial charge in [0.2, 0.25) is 15.9 Å². The molecule has 1 heterocycles. The highest BCUT2D eigenvalue weighted by atomic mass is 35.5. The SMILES string of the molecule is CNCC(C)C(=O)N1CCCCC1CNS(C)(=O)=O.Cl. The van der Waals surface area contributed by atoms with Crippen molar-refractivity contribution in [3.63, 3.8) is 0 Å². The molecule has 0 aromatic carbocycles. The number of nitrogens with zero attached hydrogens (tertiary/aromatic N) is 1. The van der Waals surface area contributed by atoms with Crippen molar-refractivity contribution in [1.82, 2.24) is 14.9 Å². The van der Waals surface area contributed by atoms with E-state index in [-0.39, 0.29) is 30.3 Å². The standard InChI is InChI=1S/C12H25N3O3S.ClH/c1-10(8-13-2)12(16)15-7-5-4-6-11(15)9-14-19(3,17)18;/h10-11,13-14H,4-9H2,1-3H3;1H. The second kappa shape index (κ2) is 8.81. The maximum Gasteiger partial charge on any atom is 0.226 e. The molecular weight excluding hydrogens is 302 g/mol. The first kappa shape index (κ1) is 19.6. The van der Waals surface area contributed by atoms with E-state index < -0.39 is 10.0 Å². The number of sulfonamides is 1. The van der Waals surface area contributed by atoms with Crippen LogP contribution in [0.5, 0.6) is 0 Å². The highest BCUT2D eigenvalue weighted by molar-refractivity contribution is 7.88. The Morgan fingerprint density at radius 2 is 2.05 bits per heavy atom. The molecule has 1 saturated heterocycles. The van der Waals surface area contributed by atoms with Gasteiger partial charge >= 0.3 is 0 Å². The quantitative estimate of drug-likeness (QED) is 0.730. The predicted octanol–water partition coefficient (Wildman–Crippen LogP) is 0.194. The van der Waals surface area contributed by atoms with E-state index in [1.54, 1.807) is 0 Å². The van der Waals surface area contributed by atoms with Crippen LogP contribution in [0.15, 0.2) is 0 Å². The molecule has 1 aliphatic heterocycles. The Bertz CT molecular complexity index is 403. The summed E-state index contributed by atoms with van der Waals surface area (Å²) in [6.07, 6.45) is 4.04. The van der Waals surface area contributed by atoms with Crippen molar-refractivity contribution in [3.05, 3.63) is 0 Å². The molecule has 0 aromatic heterocycles. The molecule has 1 amide bonds. The number of hydrogen-bond donors (Lipinski definition) is 2. The van der Waals surface area contributed by atoms with Crippen LogP contribution < -0.4 is 10.0 Å². The Morgan fingerprint density at radius 3 is 2.60 bits per heavy atom. The first-order valence-corrected chi connectivity index (χ1v) is 8.64. The zero-order valence-electron chi connectivity index (χ0n) is 12.4. The van der Waals surface area contributed by atoms with Crippen molar-refractivity contribution >= 4 is 28.3 Å². The van der Waals surface area contributed by atoms with Crippen molar-refractivity contribution in [2.75, 3.05) is 32.9 Å². The first-order valence-electron chi connectivity index (χ1n) is 6.75. The van der Waals surface area contributed by atoms with Gasteiger partial charge in [-0.15, -0.1) is 12.4 Å². The van der Waals surface area contributed by atoms with E-state index in [0.29, 0.717) is 13.1 Å². The van der Waals surface area contributed by atoms with Crippen LogP contribution in [0, 0.1) is 5.92 Å². The van der Waals surface area contributed by atoms with Gasteiger partial charge in [-0.1, -0.05) is 6.92 Å². The van der Waals surface area contributed by atoms with Crippen molar-refractivity contribution in [1.29, 1.82) is 0 Å². The normalized spacial score (nSPS) is 21.1. The predicted molar refractivity (Wildman–Crippen MR) is 82.5 cm³/mol. The first-order chi connectivity index (χ1) is 8.85. The third kappa shape index (κ3) is 6.39. The molecule has 120 valence electrons. The molecule has 0 radical (unpaired) electrons. The largest absolute Gasteiger partial charge is 0.338 e. The zero-order chi connectivity index (χ0) is 14.5. The summed E-state index contributed by atoms with van der Waals surface area (Å²) < 4.78 is 24.8. The van der Waals surface area contributed by atoms with E-state index in [1.165, 1.54) is 0 Å². The lowest BCUT2D eigenvalue weighted by Crippen LogP contribution is -2.51. The molecule has 1 rings (SSSR count). The van der Waals surface area contributed by atoms with Gasteiger partial charge in [-0.05, 0) is 26.3 Å². The van der Waals surface area contributed by atoms with Gasteiger partial charge in [-0.25, -0.2) is 13.1 Å². The number of halogens is 1. The van der Waals surface area contributed by atoms with Gasteiger partial charge in [0.25, 0.3) is 0 Å². The highest BCUT2D eigenvalue weighted by Gasteiger charge is 2.29. The third-order valence-electron chi connectivity index (χ3n) is 3.42. The minimum Gasteiger partial charge on any atom is -0.338 e. The lowest BCUT2D eigenvalue weighted by atomic mass is 9.99. The monoisotopic (exact) mass is 327 g/mol. The molecule has 0 bridgehead atoms. The summed E-state index contributed by atoms with van der Waals surface area (Å²) in [5, 5.41) is 3.00. The fourth-order valence-electron chi connectivity index (χ4n) is 2.43. The number of hydrogen-bond acceptors (Lipinski definition) is 4. The van der Waals surface area contributed by atoms with E-state index in [4.69, 9.17) is 0 Å². The summed E-state index contributed by atoms with van der Waals surface area (Å²) in [5.74, 6) is 0.0261. The average Bonchev–Trinajstić information content (AvgIpc) is 2.35. The highest BCUT2D eigenvalue weighted by Crippen LogP contribution is 2.19. The van der Waals surface area contributed by atoms with Crippen LogP contribution in [0.3, 0.4) is 0 Å². The van der Waals surface area contributed by atoms with Gasteiger partial charge in [-0.3, -0.25) is 4.79 Å². The molecule has 20 heavy (non-hydrogen) atoms. The summed E-state index contributed by atoms with van der Waals surface area (Å²) in [7, 11) is -1.38. The average molecular weight is 328 g/mol. The minimum absolute atomic E-state index is 0. The number of carbonyl (C=O) groups is 1. The summed E-state index contributed by atoms with van der Waals surface area (Å²) >= 11 is 0. The summed E-state index contributed by atoms with van der Waals surface area (Å²) in [4.78, 5) is 14.2. The molecule has 1 aliphatic rings. The molecule has 0 spiro atoms. The van der Waals surface area contributed by atoms with Crippen LogP contribution in [0.1, 0.15) is 26.2 Å². The maximum atomic E-state index is 12.3. The second-order valence-corrected chi connectivity index (χ2v) is 7.09. The molecule has 0 aromatic rings. The number of piperidine rings is 1. The van der Waals surface area contributed by atoms with Crippen LogP contribution in [0.25, 0.3) is 0 Å². The minimum atomic E-state index is -3.20. The van der Waals surface area contributed by atoms with E-state index in [9.17, 15) is 13.2 Å². The molecule has 0 aliphatic carbocycles. The molecule has 2 atom stereocenters. The molecule has 2 unspecified atom stereocenters. The molecule has 0 saturated carbocycles. The maximum absolute atomic E-state index is 12.3. The molecule has 1 fully saturated rings. The van der Waals surface area contributed by atoms with Gasteiger partial charge in [0, 0.05) is 31.6 Å². The van der Waals surface area contributed by atoms with Crippen LogP contribution in [0.2, 0.25) is 0 Å². The third-order valence-corrected chi connectivity index (χ3v) is 4.11. The zero-order valence-corrected chi connectivity index (χ0v) is 14.0. The van der Waals surface area contributed by atoms with Crippen LogP contribution >= 0.6 is 12.4 Å². The second-order valence-electron chi connectivity index (χ2n) is 5.26. The Hall–Kier alpha value is -0.370. The number of rotatable bonds is 6. The van der Waals surface area contributed by atoms with Crippen LogP contribution in [0.4, 0.5) is 0 Å². The topological polar surface area (TPSA) is 78.5 Å². The molecule has 6 nitrogen and oxygen atoms in total. The van der Waals surface area contributed by atoms with Gasteiger partial charge in [0.05, 0.1) is 6.26 Å². The van der Waals surface area contributed by atoms with Crippen molar-refractivity contribution in [2.24, 2.45) is 5.92 Å². The van der Waals surface area contributed by atoms with E-state index in [1.807, 2.05) is 18.9 Å². The smallest absolute Gasteiger partial charge is 0.226 e. The lowest BCUT2D eigenvalue weighted by molar-refractivity contribution is -0.138. The molecular formula is C12H26ClN3O3S.